The molecule has 0 unspecified atom stereocenters. The number of aromatic nitrogens is 1. The van der Waals surface area contributed by atoms with Crippen LogP contribution in [0.1, 0.15) is 12.5 Å². The first-order valence-corrected chi connectivity index (χ1v) is 7.61. The Morgan fingerprint density at radius 3 is 2.70 bits per heavy atom. The van der Waals surface area contributed by atoms with Crippen molar-refractivity contribution in [3.63, 3.8) is 0 Å². The zero-order chi connectivity index (χ0) is 16.1. The molecule has 0 aliphatic rings. The number of hydrogen-bond acceptors (Lipinski definition) is 3. The highest BCUT2D eigenvalue weighted by Gasteiger charge is 2.07. The Balaban J connectivity index is 1.64. The first-order chi connectivity index (χ1) is 11.3. The summed E-state index contributed by atoms with van der Waals surface area (Å²) in [6, 6.07) is 17.2. The number of ether oxygens (including phenoxy) is 1. The van der Waals surface area contributed by atoms with Crippen LogP contribution in [0.15, 0.2) is 60.8 Å². The second-order valence-electron chi connectivity index (χ2n) is 5.21. The van der Waals surface area contributed by atoms with Gasteiger partial charge in [0.15, 0.2) is 6.61 Å². The summed E-state index contributed by atoms with van der Waals surface area (Å²) in [4.78, 5) is 16.4. The van der Waals surface area contributed by atoms with Gasteiger partial charge in [0.25, 0.3) is 5.91 Å². The Bertz CT molecular complexity index is 808. The molecule has 3 rings (SSSR count). The van der Waals surface area contributed by atoms with E-state index < -0.39 is 0 Å². The number of nitrogens with zero attached hydrogens (tertiary/aromatic N) is 1. The van der Waals surface area contributed by atoms with E-state index in [4.69, 9.17) is 4.74 Å². The Labute approximate surface area is 135 Å². The molecule has 2 aromatic carbocycles. The van der Waals surface area contributed by atoms with E-state index in [1.54, 1.807) is 6.20 Å². The van der Waals surface area contributed by atoms with Gasteiger partial charge in [-0.1, -0.05) is 25.1 Å². The smallest absolute Gasteiger partial charge is 0.262 e. The second kappa shape index (κ2) is 6.92. The normalized spacial score (nSPS) is 10.5. The van der Waals surface area contributed by atoms with Gasteiger partial charge in [-0.05, 0) is 48.4 Å². The third kappa shape index (κ3) is 3.66. The Morgan fingerprint density at radius 1 is 1.09 bits per heavy atom. The van der Waals surface area contributed by atoms with Crippen molar-refractivity contribution in [2.75, 3.05) is 11.9 Å². The third-order valence-corrected chi connectivity index (χ3v) is 3.62. The highest BCUT2D eigenvalue weighted by molar-refractivity contribution is 6.01. The number of hydrogen-bond donors (Lipinski definition) is 1. The van der Waals surface area contributed by atoms with E-state index in [-0.39, 0.29) is 12.5 Å². The van der Waals surface area contributed by atoms with Crippen LogP contribution in [-0.4, -0.2) is 17.5 Å². The quantitative estimate of drug-likeness (QED) is 0.779. The molecule has 116 valence electrons. The van der Waals surface area contributed by atoms with Crippen molar-refractivity contribution in [2.24, 2.45) is 0 Å². The number of carbonyl (C=O) groups is 1. The lowest BCUT2D eigenvalue weighted by atomic mass is 10.2. The van der Waals surface area contributed by atoms with Crippen LogP contribution in [0.3, 0.4) is 0 Å². The van der Waals surface area contributed by atoms with E-state index in [0.29, 0.717) is 5.75 Å². The molecular formula is C19H18N2O2. The first-order valence-electron chi connectivity index (χ1n) is 7.61. The first kappa shape index (κ1) is 15.0. The molecule has 0 saturated carbocycles. The molecule has 1 amide bonds. The zero-order valence-electron chi connectivity index (χ0n) is 13.0. The van der Waals surface area contributed by atoms with E-state index in [9.17, 15) is 4.79 Å². The fourth-order valence-electron chi connectivity index (χ4n) is 2.37. The maximum atomic E-state index is 12.1. The van der Waals surface area contributed by atoms with Gasteiger partial charge in [0, 0.05) is 11.6 Å². The zero-order valence-corrected chi connectivity index (χ0v) is 13.0. The number of benzene rings is 2. The van der Waals surface area contributed by atoms with Crippen molar-refractivity contribution in [3.8, 4) is 5.75 Å². The third-order valence-electron chi connectivity index (χ3n) is 3.62. The van der Waals surface area contributed by atoms with Crippen molar-refractivity contribution in [2.45, 2.75) is 13.3 Å². The largest absolute Gasteiger partial charge is 0.484 e. The predicted molar refractivity (Wildman–Crippen MR) is 91.7 cm³/mol. The number of nitrogens with one attached hydrogen (secondary N) is 1. The number of aryl methyl sites for hydroxylation is 1. The van der Waals surface area contributed by atoms with Crippen molar-refractivity contribution >= 4 is 22.5 Å². The summed E-state index contributed by atoms with van der Waals surface area (Å²) in [5.41, 5.74) is 2.83. The molecule has 0 aliphatic carbocycles. The lowest BCUT2D eigenvalue weighted by Gasteiger charge is -2.10. The minimum atomic E-state index is -0.194. The van der Waals surface area contributed by atoms with Crippen molar-refractivity contribution in [1.82, 2.24) is 4.98 Å². The van der Waals surface area contributed by atoms with Crippen LogP contribution >= 0.6 is 0 Å². The minimum absolute atomic E-state index is 0.0257. The lowest BCUT2D eigenvalue weighted by molar-refractivity contribution is -0.118. The van der Waals surface area contributed by atoms with Gasteiger partial charge in [0.1, 0.15) is 5.75 Å². The molecule has 0 saturated heterocycles. The molecule has 1 aromatic heterocycles. The summed E-state index contributed by atoms with van der Waals surface area (Å²) < 4.78 is 5.52. The topological polar surface area (TPSA) is 51.2 Å². The second-order valence-corrected chi connectivity index (χ2v) is 5.21. The molecule has 0 aliphatic heterocycles. The molecule has 0 spiro atoms. The van der Waals surface area contributed by atoms with Crippen molar-refractivity contribution in [1.29, 1.82) is 0 Å². The summed E-state index contributed by atoms with van der Waals surface area (Å²) in [6.45, 7) is 2.07. The van der Waals surface area contributed by atoms with Gasteiger partial charge < -0.3 is 10.1 Å². The van der Waals surface area contributed by atoms with Crippen LogP contribution in [-0.2, 0) is 11.2 Å². The van der Waals surface area contributed by atoms with E-state index >= 15 is 0 Å². The summed E-state index contributed by atoms with van der Waals surface area (Å²) in [5, 5.41) is 3.79. The van der Waals surface area contributed by atoms with Gasteiger partial charge in [-0.2, -0.15) is 0 Å². The maximum absolute atomic E-state index is 12.1. The van der Waals surface area contributed by atoms with Gasteiger partial charge in [-0.25, -0.2) is 0 Å². The van der Waals surface area contributed by atoms with Gasteiger partial charge >= 0.3 is 0 Å². The molecular weight excluding hydrogens is 288 g/mol. The molecule has 0 fully saturated rings. The van der Waals surface area contributed by atoms with Crippen LogP contribution in [0.2, 0.25) is 0 Å². The van der Waals surface area contributed by atoms with Gasteiger partial charge in [0.2, 0.25) is 0 Å². The molecule has 4 heteroatoms. The Hall–Kier alpha value is -2.88. The minimum Gasteiger partial charge on any atom is -0.484 e. The van der Waals surface area contributed by atoms with Gasteiger partial charge in [0.05, 0.1) is 11.2 Å². The molecule has 23 heavy (non-hydrogen) atoms. The van der Waals surface area contributed by atoms with Crippen molar-refractivity contribution < 1.29 is 9.53 Å². The van der Waals surface area contributed by atoms with Crippen molar-refractivity contribution in [3.05, 3.63) is 66.4 Å². The predicted octanol–water partition coefficient (Wildman–Crippen LogP) is 3.81. The number of amides is 1. The number of pyridine rings is 1. The fraction of sp³-hybridized carbons (Fsp3) is 0.158. The van der Waals surface area contributed by atoms with Crippen LogP contribution in [0.25, 0.3) is 10.9 Å². The SMILES string of the molecule is CCc1ccc(OCC(=O)Nc2cccc3ncccc23)cc1. The molecule has 0 atom stereocenters. The van der Waals surface area contributed by atoms with Crippen LogP contribution < -0.4 is 10.1 Å². The van der Waals surface area contributed by atoms with Crippen LogP contribution in [0.4, 0.5) is 5.69 Å². The Kier molecular flexibility index (Phi) is 4.52. The summed E-state index contributed by atoms with van der Waals surface area (Å²) in [7, 11) is 0. The number of fused-ring (bicyclic) bond motifs is 1. The van der Waals surface area contributed by atoms with Gasteiger partial charge in [-0.3, -0.25) is 9.78 Å². The number of anilines is 1. The molecule has 1 heterocycles. The molecule has 0 bridgehead atoms. The van der Waals surface area contributed by atoms with E-state index in [1.807, 2.05) is 54.6 Å². The fourth-order valence-corrected chi connectivity index (χ4v) is 2.37. The van der Waals surface area contributed by atoms with Crippen LogP contribution in [0, 0.1) is 0 Å². The Morgan fingerprint density at radius 2 is 1.91 bits per heavy atom. The summed E-state index contributed by atoms with van der Waals surface area (Å²) >= 11 is 0. The average molecular weight is 306 g/mol. The molecule has 0 radical (unpaired) electrons. The summed E-state index contributed by atoms with van der Waals surface area (Å²) in [6.07, 6.45) is 2.72. The van der Waals surface area contributed by atoms with E-state index in [1.165, 1.54) is 5.56 Å². The van der Waals surface area contributed by atoms with Crippen LogP contribution in [0.5, 0.6) is 5.75 Å². The summed E-state index contributed by atoms with van der Waals surface area (Å²) in [5.74, 6) is 0.498. The number of rotatable bonds is 5. The monoisotopic (exact) mass is 306 g/mol. The number of carbonyl (C=O) groups excluding carboxylic acids is 1. The average Bonchev–Trinajstić information content (AvgIpc) is 2.61. The van der Waals surface area contributed by atoms with E-state index in [2.05, 4.69) is 17.2 Å². The molecule has 4 nitrogen and oxygen atoms in total. The molecule has 1 N–H and O–H groups in total. The molecule has 3 aromatic rings. The maximum Gasteiger partial charge on any atom is 0.262 e. The highest BCUT2D eigenvalue weighted by atomic mass is 16.5. The van der Waals surface area contributed by atoms with Gasteiger partial charge in [-0.15, -0.1) is 0 Å². The van der Waals surface area contributed by atoms with E-state index in [0.717, 1.165) is 23.0 Å². The highest BCUT2D eigenvalue weighted by Crippen LogP contribution is 2.21. The standard InChI is InChI=1S/C19H18N2O2/c1-2-14-8-10-15(11-9-14)23-13-19(22)21-18-7-3-6-17-16(18)5-4-12-20-17/h3-12H,2,13H2,1H3,(H,21,22). The lowest BCUT2D eigenvalue weighted by Crippen LogP contribution is -2.20.